The van der Waals surface area contributed by atoms with Gasteiger partial charge in [-0.2, -0.15) is 0 Å². The first-order chi connectivity index (χ1) is 5.91. The van der Waals surface area contributed by atoms with Gasteiger partial charge in [-0.15, -0.1) is 0 Å². The van der Waals surface area contributed by atoms with Gasteiger partial charge in [0.2, 0.25) is 0 Å². The summed E-state index contributed by atoms with van der Waals surface area (Å²) in [7, 11) is 0. The Balaban J connectivity index is 3.03. The Morgan fingerprint density at radius 1 is 1.90 bits per heavy atom. The zero-order valence-electron chi connectivity index (χ0n) is 8.06. The minimum Gasteiger partial charge on any atom is -0.305 e. The highest BCUT2D eigenvalue weighted by Gasteiger charge is 1.94. The van der Waals surface area contributed by atoms with E-state index in [1.807, 2.05) is 0 Å². The van der Waals surface area contributed by atoms with Gasteiger partial charge in [0.15, 0.2) is 0 Å². The molecule has 0 saturated carbocycles. The molecule has 0 bridgehead atoms. The third-order valence-corrected chi connectivity index (χ3v) is 1.45. The van der Waals surface area contributed by atoms with E-state index in [-0.39, 0.29) is 5.71 Å². The van der Waals surface area contributed by atoms with Crippen molar-refractivity contribution in [1.82, 2.24) is 4.98 Å². The second-order valence-corrected chi connectivity index (χ2v) is 2.55. The fourth-order valence-electron chi connectivity index (χ4n) is 0.558. The molecular formula is C7H7BrN2. The highest BCUT2D eigenvalue weighted by molar-refractivity contribution is 9.10. The van der Waals surface area contributed by atoms with Crippen molar-refractivity contribution in [3.05, 3.63) is 28.5 Å². The fourth-order valence-corrected chi connectivity index (χ4v) is 0.923. The van der Waals surface area contributed by atoms with Gasteiger partial charge in [0.25, 0.3) is 0 Å². The van der Waals surface area contributed by atoms with E-state index in [0.717, 1.165) is 0 Å². The summed E-state index contributed by atoms with van der Waals surface area (Å²) in [6.45, 7) is -2.36. The summed E-state index contributed by atoms with van der Waals surface area (Å²) in [6, 6.07) is 3.01. The molecule has 0 atom stereocenters. The average molecular weight is 202 g/mol. The number of aromatic nitrogens is 1. The van der Waals surface area contributed by atoms with Gasteiger partial charge >= 0.3 is 0 Å². The summed E-state index contributed by atoms with van der Waals surface area (Å²) in [6.07, 6.45) is 1.46. The predicted molar refractivity (Wildman–Crippen MR) is 44.4 cm³/mol. The Morgan fingerprint density at radius 3 is 3.30 bits per heavy atom. The number of rotatable bonds is 1. The zero-order chi connectivity index (χ0) is 10.1. The van der Waals surface area contributed by atoms with Crippen molar-refractivity contribution >= 4 is 21.6 Å². The molecule has 0 unspecified atom stereocenters. The standard InChI is InChI=1S/C7H7BrN2/c1-5(9)6-2-3-10-7(8)4-6/h2-4,9H,1H3/i1D3. The summed E-state index contributed by atoms with van der Waals surface area (Å²) in [5.74, 6) is 0. The summed E-state index contributed by atoms with van der Waals surface area (Å²) >= 11 is 3.11. The maximum absolute atomic E-state index is 7.37. The molecule has 0 fully saturated rings. The minimum atomic E-state index is -2.36. The van der Waals surface area contributed by atoms with E-state index in [1.54, 1.807) is 0 Å². The molecule has 0 aliphatic heterocycles. The molecule has 0 amide bonds. The van der Waals surface area contributed by atoms with Crippen LogP contribution in [0.15, 0.2) is 22.9 Å². The number of hydrogen-bond donors (Lipinski definition) is 1. The van der Waals surface area contributed by atoms with Crippen LogP contribution in [-0.4, -0.2) is 10.7 Å². The number of hydrogen-bond acceptors (Lipinski definition) is 2. The molecular weight excluding hydrogens is 192 g/mol. The SMILES string of the molecule is [2H]C([2H])([2H])C(=N)c1ccnc(Br)c1. The first-order valence-electron chi connectivity index (χ1n) is 4.12. The molecule has 1 rings (SSSR count). The van der Waals surface area contributed by atoms with Crippen molar-refractivity contribution in [2.45, 2.75) is 6.85 Å². The Morgan fingerprint density at radius 2 is 2.70 bits per heavy atom. The quantitative estimate of drug-likeness (QED) is 0.550. The molecule has 0 spiro atoms. The van der Waals surface area contributed by atoms with Crippen LogP contribution in [0.25, 0.3) is 0 Å². The zero-order valence-corrected chi connectivity index (χ0v) is 6.64. The lowest BCUT2D eigenvalue weighted by Crippen LogP contribution is -1.91. The molecule has 0 aliphatic carbocycles. The molecule has 0 radical (unpaired) electrons. The molecule has 1 aromatic heterocycles. The normalized spacial score (nSPS) is 15.1. The van der Waals surface area contributed by atoms with Crippen LogP contribution in [-0.2, 0) is 0 Å². The molecule has 1 aromatic rings. The van der Waals surface area contributed by atoms with Crippen LogP contribution >= 0.6 is 15.9 Å². The van der Waals surface area contributed by atoms with Gasteiger partial charge in [-0.3, -0.25) is 0 Å². The average Bonchev–Trinajstić information content (AvgIpc) is 2.01. The highest BCUT2D eigenvalue weighted by Crippen LogP contribution is 2.07. The molecule has 2 nitrogen and oxygen atoms in total. The maximum atomic E-state index is 7.37. The van der Waals surface area contributed by atoms with E-state index in [9.17, 15) is 0 Å². The van der Waals surface area contributed by atoms with Crippen LogP contribution in [0.4, 0.5) is 0 Å². The summed E-state index contributed by atoms with van der Waals surface area (Å²) in [4.78, 5) is 3.84. The minimum absolute atomic E-state index is 0.363. The van der Waals surface area contributed by atoms with Crippen molar-refractivity contribution < 1.29 is 4.11 Å². The van der Waals surface area contributed by atoms with Gasteiger partial charge < -0.3 is 5.41 Å². The van der Waals surface area contributed by atoms with Crippen LogP contribution in [0.3, 0.4) is 0 Å². The summed E-state index contributed by atoms with van der Waals surface area (Å²) in [5.41, 5.74) is -0.00234. The first-order valence-corrected chi connectivity index (χ1v) is 3.41. The number of nitrogens with zero attached hydrogens (tertiary/aromatic N) is 1. The van der Waals surface area contributed by atoms with E-state index in [1.165, 1.54) is 18.3 Å². The maximum Gasteiger partial charge on any atom is 0.106 e. The molecule has 0 saturated heterocycles. The topological polar surface area (TPSA) is 36.7 Å². The summed E-state index contributed by atoms with van der Waals surface area (Å²) < 4.78 is 21.6. The molecule has 10 heavy (non-hydrogen) atoms. The third-order valence-electron chi connectivity index (χ3n) is 1.02. The number of nitrogens with one attached hydrogen (secondary N) is 1. The van der Waals surface area contributed by atoms with Gasteiger partial charge in [-0.25, -0.2) is 4.98 Å². The van der Waals surface area contributed by atoms with Gasteiger partial charge in [0.05, 0.1) is 0 Å². The Kier molecular flexibility index (Phi) is 1.24. The Hall–Kier alpha value is -0.700. The second kappa shape index (κ2) is 2.92. The summed E-state index contributed by atoms with van der Waals surface area (Å²) in [5, 5.41) is 7.37. The Bertz CT molecular complexity index is 335. The van der Waals surface area contributed by atoms with Crippen molar-refractivity contribution in [2.24, 2.45) is 0 Å². The monoisotopic (exact) mass is 201 g/mol. The van der Waals surface area contributed by atoms with Crippen molar-refractivity contribution in [2.75, 3.05) is 0 Å². The van der Waals surface area contributed by atoms with E-state index in [2.05, 4.69) is 20.9 Å². The first kappa shape index (κ1) is 4.23. The van der Waals surface area contributed by atoms with Crippen LogP contribution in [0.5, 0.6) is 0 Å². The lowest BCUT2D eigenvalue weighted by atomic mass is 10.2. The largest absolute Gasteiger partial charge is 0.305 e. The molecule has 1 heterocycles. The van der Waals surface area contributed by atoms with Crippen molar-refractivity contribution in [3.63, 3.8) is 0 Å². The van der Waals surface area contributed by atoms with Crippen molar-refractivity contribution in [1.29, 1.82) is 5.41 Å². The van der Waals surface area contributed by atoms with Crippen LogP contribution in [0.1, 0.15) is 16.5 Å². The Labute approximate surface area is 72.1 Å². The fraction of sp³-hybridized carbons (Fsp3) is 0.143. The van der Waals surface area contributed by atoms with Gasteiger partial charge in [-0.1, -0.05) is 0 Å². The van der Waals surface area contributed by atoms with Crippen LogP contribution < -0.4 is 0 Å². The van der Waals surface area contributed by atoms with Crippen LogP contribution in [0, 0.1) is 5.41 Å². The van der Waals surface area contributed by atoms with Crippen LogP contribution in [0.2, 0.25) is 0 Å². The second-order valence-electron chi connectivity index (χ2n) is 1.74. The molecule has 0 aromatic carbocycles. The smallest absolute Gasteiger partial charge is 0.106 e. The number of pyridine rings is 1. The van der Waals surface area contributed by atoms with E-state index in [4.69, 9.17) is 9.52 Å². The van der Waals surface area contributed by atoms with Gasteiger partial charge in [-0.05, 0) is 40.5 Å². The van der Waals surface area contributed by atoms with E-state index >= 15 is 0 Å². The van der Waals surface area contributed by atoms with E-state index in [0.29, 0.717) is 10.2 Å². The molecule has 52 valence electrons. The molecule has 0 aliphatic rings. The predicted octanol–water partition coefficient (Wildman–Crippen LogP) is 2.23. The molecule has 3 heteroatoms. The molecule has 1 N–H and O–H groups in total. The van der Waals surface area contributed by atoms with Gasteiger partial charge in [0.1, 0.15) is 4.60 Å². The third kappa shape index (κ3) is 1.64. The van der Waals surface area contributed by atoms with Gasteiger partial charge in [0, 0.05) is 16.0 Å². The highest BCUT2D eigenvalue weighted by atomic mass is 79.9. The number of halogens is 1. The lowest BCUT2D eigenvalue weighted by molar-refractivity contribution is 1.26. The van der Waals surface area contributed by atoms with E-state index < -0.39 is 6.85 Å². The lowest BCUT2D eigenvalue weighted by Gasteiger charge is -1.95. The van der Waals surface area contributed by atoms with Crippen molar-refractivity contribution in [3.8, 4) is 0 Å².